The first-order valence-electron chi connectivity index (χ1n) is 5.32. The maximum atomic E-state index is 9.47. The van der Waals surface area contributed by atoms with Crippen molar-refractivity contribution >= 4 is 11.0 Å². The van der Waals surface area contributed by atoms with Crippen LogP contribution in [0.2, 0.25) is 0 Å². The largest absolute Gasteiger partial charge is 0.480 e. The van der Waals surface area contributed by atoms with Gasteiger partial charge in [-0.3, -0.25) is 0 Å². The molecule has 0 fully saturated rings. The van der Waals surface area contributed by atoms with Crippen LogP contribution in [0, 0.1) is 0 Å². The zero-order valence-corrected chi connectivity index (χ0v) is 9.50. The molecule has 0 aliphatic rings. The third-order valence-corrected chi connectivity index (χ3v) is 2.51. The molecule has 0 saturated carbocycles. The summed E-state index contributed by atoms with van der Waals surface area (Å²) < 4.78 is 5.02. The lowest BCUT2D eigenvalue weighted by Gasteiger charge is -2.09. The number of methoxy groups -OCH3 is 1. The molecule has 1 atom stereocenters. The molecule has 1 aromatic carbocycles. The summed E-state index contributed by atoms with van der Waals surface area (Å²) in [7, 11) is 1.53. The fourth-order valence-electron chi connectivity index (χ4n) is 1.66. The Labute approximate surface area is 98.7 Å². The highest BCUT2D eigenvalue weighted by atomic mass is 16.5. The lowest BCUT2D eigenvalue weighted by Crippen LogP contribution is -2.15. The quantitative estimate of drug-likeness (QED) is 0.807. The molecular formula is C12H14N2O3. The smallest absolute Gasteiger partial charge is 0.232 e. The number of hydrogen-bond donors (Lipinski definition) is 2. The number of hydrogen-bond acceptors (Lipinski definition) is 5. The summed E-state index contributed by atoms with van der Waals surface area (Å²) in [4.78, 5) is 8.52. The predicted molar refractivity (Wildman–Crippen MR) is 62.9 cm³/mol. The van der Waals surface area contributed by atoms with Crippen molar-refractivity contribution in [2.45, 2.75) is 12.5 Å². The monoisotopic (exact) mass is 234 g/mol. The summed E-state index contributed by atoms with van der Waals surface area (Å²) in [6.07, 6.45) is 1.11. The lowest BCUT2D eigenvalue weighted by molar-refractivity contribution is 0.0957. The third kappa shape index (κ3) is 2.51. The van der Waals surface area contributed by atoms with Gasteiger partial charge in [0.15, 0.2) is 0 Å². The van der Waals surface area contributed by atoms with Crippen LogP contribution < -0.4 is 4.74 Å². The van der Waals surface area contributed by atoms with Gasteiger partial charge in [-0.15, -0.1) is 0 Å². The minimum absolute atomic E-state index is 0.270. The van der Waals surface area contributed by atoms with E-state index in [9.17, 15) is 5.11 Å². The maximum Gasteiger partial charge on any atom is 0.232 e. The molecule has 0 aliphatic heterocycles. The van der Waals surface area contributed by atoms with Crippen molar-refractivity contribution in [3.63, 3.8) is 0 Å². The van der Waals surface area contributed by atoms with Gasteiger partial charge in [-0.1, -0.05) is 12.1 Å². The first-order valence-corrected chi connectivity index (χ1v) is 5.32. The highest BCUT2D eigenvalue weighted by Crippen LogP contribution is 2.18. The molecule has 1 heterocycles. The molecule has 0 spiro atoms. The van der Waals surface area contributed by atoms with Gasteiger partial charge in [-0.05, 0) is 11.6 Å². The number of benzene rings is 1. The minimum atomic E-state index is -0.784. The summed E-state index contributed by atoms with van der Waals surface area (Å²) in [6.45, 7) is -0.270. The zero-order valence-electron chi connectivity index (χ0n) is 9.50. The summed E-state index contributed by atoms with van der Waals surface area (Å²) >= 11 is 0. The SMILES string of the molecule is COc1cnc2cccc(CC(O)CO)c2n1. The molecule has 2 rings (SSSR count). The number of fused-ring (bicyclic) bond motifs is 1. The molecule has 5 heteroatoms. The van der Waals surface area contributed by atoms with E-state index in [2.05, 4.69) is 9.97 Å². The normalized spacial score (nSPS) is 12.6. The second-order valence-electron chi connectivity index (χ2n) is 3.74. The van der Waals surface area contributed by atoms with Gasteiger partial charge in [-0.25, -0.2) is 9.97 Å². The van der Waals surface area contributed by atoms with Gasteiger partial charge in [0.1, 0.15) is 0 Å². The molecule has 0 radical (unpaired) electrons. The van der Waals surface area contributed by atoms with E-state index in [1.807, 2.05) is 18.2 Å². The minimum Gasteiger partial charge on any atom is -0.480 e. The van der Waals surface area contributed by atoms with E-state index < -0.39 is 6.10 Å². The van der Waals surface area contributed by atoms with E-state index in [0.29, 0.717) is 17.8 Å². The maximum absolute atomic E-state index is 9.47. The number of aliphatic hydroxyl groups excluding tert-OH is 2. The molecule has 2 aromatic rings. The van der Waals surface area contributed by atoms with Crippen molar-refractivity contribution < 1.29 is 14.9 Å². The average Bonchev–Trinajstić information content (AvgIpc) is 2.38. The van der Waals surface area contributed by atoms with E-state index >= 15 is 0 Å². The van der Waals surface area contributed by atoms with Crippen molar-refractivity contribution in [1.82, 2.24) is 9.97 Å². The number of para-hydroxylation sites is 1. The van der Waals surface area contributed by atoms with Crippen LogP contribution in [-0.4, -0.2) is 40.0 Å². The van der Waals surface area contributed by atoms with Gasteiger partial charge < -0.3 is 14.9 Å². The van der Waals surface area contributed by atoms with Crippen LogP contribution >= 0.6 is 0 Å². The fraction of sp³-hybridized carbons (Fsp3) is 0.333. The molecule has 0 saturated heterocycles. The topological polar surface area (TPSA) is 75.5 Å². The number of ether oxygens (including phenoxy) is 1. The van der Waals surface area contributed by atoms with Gasteiger partial charge >= 0.3 is 0 Å². The first-order chi connectivity index (χ1) is 8.24. The summed E-state index contributed by atoms with van der Waals surface area (Å²) in [6, 6.07) is 5.55. The van der Waals surface area contributed by atoms with Crippen LogP contribution in [0.5, 0.6) is 5.88 Å². The summed E-state index contributed by atoms with van der Waals surface area (Å²) in [5.74, 6) is 0.434. The van der Waals surface area contributed by atoms with E-state index in [-0.39, 0.29) is 6.61 Å². The average molecular weight is 234 g/mol. The van der Waals surface area contributed by atoms with Gasteiger partial charge in [-0.2, -0.15) is 0 Å². The van der Waals surface area contributed by atoms with Gasteiger partial charge in [0.05, 0.1) is 37.1 Å². The lowest BCUT2D eigenvalue weighted by atomic mass is 10.1. The number of aliphatic hydroxyl groups is 2. The Kier molecular flexibility index (Phi) is 3.51. The molecule has 2 N–H and O–H groups in total. The van der Waals surface area contributed by atoms with Crippen molar-refractivity contribution in [3.05, 3.63) is 30.0 Å². The van der Waals surface area contributed by atoms with Crippen LogP contribution in [-0.2, 0) is 6.42 Å². The van der Waals surface area contributed by atoms with E-state index in [1.165, 1.54) is 7.11 Å². The molecule has 90 valence electrons. The van der Waals surface area contributed by atoms with Crippen molar-refractivity contribution in [2.75, 3.05) is 13.7 Å². The molecule has 5 nitrogen and oxygen atoms in total. The fourth-order valence-corrected chi connectivity index (χ4v) is 1.66. The van der Waals surface area contributed by atoms with Gasteiger partial charge in [0, 0.05) is 6.42 Å². The van der Waals surface area contributed by atoms with Crippen molar-refractivity contribution in [3.8, 4) is 5.88 Å². The van der Waals surface area contributed by atoms with E-state index in [0.717, 1.165) is 11.1 Å². The highest BCUT2D eigenvalue weighted by Gasteiger charge is 2.09. The van der Waals surface area contributed by atoms with Crippen LogP contribution in [0.1, 0.15) is 5.56 Å². The predicted octanol–water partition coefficient (Wildman–Crippen LogP) is 0.534. The summed E-state index contributed by atoms with van der Waals surface area (Å²) in [5.41, 5.74) is 2.28. The van der Waals surface area contributed by atoms with E-state index in [4.69, 9.17) is 9.84 Å². The van der Waals surface area contributed by atoms with Gasteiger partial charge in [0.2, 0.25) is 5.88 Å². The highest BCUT2D eigenvalue weighted by molar-refractivity contribution is 5.78. The van der Waals surface area contributed by atoms with Crippen LogP contribution in [0.4, 0.5) is 0 Å². The Morgan fingerprint density at radius 3 is 2.94 bits per heavy atom. The van der Waals surface area contributed by atoms with Crippen molar-refractivity contribution in [2.24, 2.45) is 0 Å². The molecule has 1 aromatic heterocycles. The Morgan fingerprint density at radius 2 is 2.24 bits per heavy atom. The zero-order chi connectivity index (χ0) is 12.3. The van der Waals surface area contributed by atoms with E-state index in [1.54, 1.807) is 6.20 Å². The Bertz CT molecular complexity index is 516. The number of nitrogens with zero attached hydrogens (tertiary/aromatic N) is 2. The van der Waals surface area contributed by atoms with Crippen LogP contribution in [0.15, 0.2) is 24.4 Å². The number of aromatic nitrogens is 2. The Hall–Kier alpha value is -1.72. The Morgan fingerprint density at radius 1 is 1.41 bits per heavy atom. The first kappa shape index (κ1) is 11.8. The summed E-state index contributed by atoms with van der Waals surface area (Å²) in [5, 5.41) is 18.3. The number of rotatable bonds is 4. The molecular weight excluding hydrogens is 220 g/mol. The Balaban J connectivity index is 2.46. The molecule has 1 unspecified atom stereocenters. The molecule has 0 bridgehead atoms. The molecule has 17 heavy (non-hydrogen) atoms. The molecule has 0 amide bonds. The standard InChI is InChI=1S/C12H14N2O3/c1-17-11-6-13-10-4-2-3-8(12(10)14-11)5-9(16)7-15/h2-4,6,9,15-16H,5,7H2,1H3. The van der Waals surface area contributed by atoms with Crippen LogP contribution in [0.25, 0.3) is 11.0 Å². The third-order valence-electron chi connectivity index (χ3n) is 2.51. The molecule has 0 aliphatic carbocycles. The van der Waals surface area contributed by atoms with Crippen LogP contribution in [0.3, 0.4) is 0 Å². The van der Waals surface area contributed by atoms with Crippen molar-refractivity contribution in [1.29, 1.82) is 0 Å². The second-order valence-corrected chi connectivity index (χ2v) is 3.74. The second kappa shape index (κ2) is 5.07. The van der Waals surface area contributed by atoms with Gasteiger partial charge in [0.25, 0.3) is 0 Å².